The summed E-state index contributed by atoms with van der Waals surface area (Å²) in [5.74, 6) is -0.514. The minimum absolute atomic E-state index is 0.0453. The zero-order valence-electron chi connectivity index (χ0n) is 8.73. The summed E-state index contributed by atoms with van der Waals surface area (Å²) in [7, 11) is 2.10. The van der Waals surface area contributed by atoms with Crippen LogP contribution < -0.4 is 0 Å². The highest BCUT2D eigenvalue weighted by Crippen LogP contribution is 2.25. The number of aromatic amines is 1. The number of aromatic carboxylic acids is 1. The second kappa shape index (κ2) is 4.02. The van der Waals surface area contributed by atoms with Crippen molar-refractivity contribution in [3.05, 3.63) is 17.7 Å². The Balaban J connectivity index is 2.06. The molecule has 0 spiro atoms. The molecular formula is C10H15N3O2. The number of aromatic nitrogens is 2. The van der Waals surface area contributed by atoms with Crippen LogP contribution in [-0.2, 0) is 0 Å². The average Bonchev–Trinajstić information content (AvgIpc) is 2.68. The molecule has 0 aromatic carbocycles. The van der Waals surface area contributed by atoms with Crippen LogP contribution >= 0.6 is 0 Å². The molecule has 1 aliphatic rings. The molecule has 5 nitrogen and oxygen atoms in total. The lowest BCUT2D eigenvalue weighted by Crippen LogP contribution is -2.29. The van der Waals surface area contributed by atoms with Gasteiger partial charge in [-0.05, 0) is 33.0 Å². The maximum absolute atomic E-state index is 10.6. The topological polar surface area (TPSA) is 69.2 Å². The van der Waals surface area contributed by atoms with Crippen molar-refractivity contribution in [2.45, 2.75) is 18.8 Å². The Hall–Kier alpha value is -1.36. The molecule has 2 heterocycles. The van der Waals surface area contributed by atoms with Crippen LogP contribution in [0.1, 0.15) is 35.1 Å². The molecule has 1 fully saturated rings. The summed E-state index contributed by atoms with van der Waals surface area (Å²) in [6, 6.07) is 0. The van der Waals surface area contributed by atoms with Crippen LogP contribution in [0.25, 0.3) is 0 Å². The molecule has 0 aliphatic carbocycles. The first kappa shape index (κ1) is 10.2. The Morgan fingerprint density at radius 3 is 2.80 bits per heavy atom. The smallest absolute Gasteiger partial charge is 0.371 e. The second-order valence-electron chi connectivity index (χ2n) is 4.07. The van der Waals surface area contributed by atoms with E-state index in [2.05, 4.69) is 21.9 Å². The Morgan fingerprint density at radius 1 is 1.60 bits per heavy atom. The number of piperidine rings is 1. The fraction of sp³-hybridized carbons (Fsp3) is 0.600. The van der Waals surface area contributed by atoms with Crippen LogP contribution in [0.4, 0.5) is 0 Å². The van der Waals surface area contributed by atoms with Gasteiger partial charge in [-0.2, -0.15) is 0 Å². The summed E-state index contributed by atoms with van der Waals surface area (Å²) in [4.78, 5) is 19.6. The number of likely N-dealkylation sites (tertiary alicyclic amines) is 1. The van der Waals surface area contributed by atoms with E-state index >= 15 is 0 Å². The quantitative estimate of drug-likeness (QED) is 0.759. The third-order valence-electron chi connectivity index (χ3n) is 2.96. The van der Waals surface area contributed by atoms with Gasteiger partial charge in [-0.1, -0.05) is 0 Å². The van der Waals surface area contributed by atoms with Crippen LogP contribution in [0, 0.1) is 0 Å². The zero-order chi connectivity index (χ0) is 10.8. The van der Waals surface area contributed by atoms with Crippen LogP contribution in [-0.4, -0.2) is 46.1 Å². The van der Waals surface area contributed by atoms with Crippen molar-refractivity contribution in [3.63, 3.8) is 0 Å². The van der Waals surface area contributed by atoms with E-state index in [1.165, 1.54) is 0 Å². The molecule has 0 atom stereocenters. The Bertz CT molecular complexity index is 353. The summed E-state index contributed by atoms with van der Waals surface area (Å²) in [5.41, 5.74) is 0.959. The number of H-pyrrole nitrogens is 1. The first-order valence-corrected chi connectivity index (χ1v) is 5.13. The summed E-state index contributed by atoms with van der Waals surface area (Å²) >= 11 is 0. The minimum Gasteiger partial charge on any atom is -0.475 e. The van der Waals surface area contributed by atoms with E-state index in [9.17, 15) is 4.79 Å². The van der Waals surface area contributed by atoms with Crippen molar-refractivity contribution >= 4 is 5.97 Å². The number of hydrogen-bond donors (Lipinski definition) is 2. The molecule has 15 heavy (non-hydrogen) atoms. The van der Waals surface area contributed by atoms with E-state index in [1.807, 2.05) is 0 Å². The molecule has 2 N–H and O–H groups in total. The molecule has 0 saturated carbocycles. The van der Waals surface area contributed by atoms with Gasteiger partial charge in [0.15, 0.2) is 0 Å². The van der Waals surface area contributed by atoms with Gasteiger partial charge in [-0.25, -0.2) is 9.78 Å². The fourth-order valence-corrected chi connectivity index (χ4v) is 1.97. The predicted octanol–water partition coefficient (Wildman–Crippen LogP) is 0.917. The largest absolute Gasteiger partial charge is 0.475 e. The number of carboxylic acids is 1. The second-order valence-corrected chi connectivity index (χ2v) is 4.07. The lowest BCUT2D eigenvalue weighted by atomic mass is 9.94. The maximum atomic E-state index is 10.6. The van der Waals surface area contributed by atoms with Gasteiger partial charge in [0, 0.05) is 17.8 Å². The summed E-state index contributed by atoms with van der Waals surface area (Å²) < 4.78 is 0. The summed E-state index contributed by atoms with van der Waals surface area (Å²) in [5, 5.41) is 8.74. The number of rotatable bonds is 2. The van der Waals surface area contributed by atoms with E-state index in [4.69, 9.17) is 5.11 Å². The SMILES string of the molecule is CN1CCC(c2cnc(C(=O)O)[nH]2)CC1. The summed E-state index contributed by atoms with van der Waals surface area (Å²) in [6.45, 7) is 2.12. The lowest BCUT2D eigenvalue weighted by molar-refractivity contribution is 0.0684. The molecular weight excluding hydrogens is 194 g/mol. The van der Waals surface area contributed by atoms with Gasteiger partial charge in [-0.15, -0.1) is 0 Å². The van der Waals surface area contributed by atoms with E-state index in [-0.39, 0.29) is 5.82 Å². The Morgan fingerprint density at radius 2 is 2.27 bits per heavy atom. The molecule has 82 valence electrons. The highest BCUT2D eigenvalue weighted by Gasteiger charge is 2.20. The van der Waals surface area contributed by atoms with Crippen LogP contribution in [0.3, 0.4) is 0 Å². The van der Waals surface area contributed by atoms with Crippen LogP contribution in [0.5, 0.6) is 0 Å². The number of hydrogen-bond acceptors (Lipinski definition) is 3. The van der Waals surface area contributed by atoms with E-state index in [0.29, 0.717) is 5.92 Å². The normalized spacial score (nSPS) is 19.3. The molecule has 5 heteroatoms. The van der Waals surface area contributed by atoms with Crippen molar-refractivity contribution in [2.24, 2.45) is 0 Å². The first-order valence-electron chi connectivity index (χ1n) is 5.13. The van der Waals surface area contributed by atoms with Gasteiger partial charge < -0.3 is 15.0 Å². The van der Waals surface area contributed by atoms with Crippen molar-refractivity contribution in [1.29, 1.82) is 0 Å². The number of imidazole rings is 1. The molecule has 0 bridgehead atoms. The monoisotopic (exact) mass is 209 g/mol. The standard InChI is InChI=1S/C10H15N3O2/c1-13-4-2-7(3-5-13)8-6-11-9(12-8)10(14)15/h6-7H,2-5H2,1H3,(H,11,12)(H,14,15). The molecule has 0 amide bonds. The first-order chi connectivity index (χ1) is 7.16. The lowest BCUT2D eigenvalue weighted by Gasteiger charge is -2.27. The van der Waals surface area contributed by atoms with E-state index < -0.39 is 5.97 Å². The molecule has 1 aromatic heterocycles. The van der Waals surface area contributed by atoms with Crippen LogP contribution in [0.15, 0.2) is 6.20 Å². The van der Waals surface area contributed by atoms with Gasteiger partial charge in [0.05, 0.1) is 0 Å². The van der Waals surface area contributed by atoms with Crippen molar-refractivity contribution in [2.75, 3.05) is 20.1 Å². The number of carboxylic acid groups (broad SMARTS) is 1. The molecule has 0 radical (unpaired) electrons. The zero-order valence-corrected chi connectivity index (χ0v) is 8.73. The van der Waals surface area contributed by atoms with Crippen LogP contribution in [0.2, 0.25) is 0 Å². The van der Waals surface area contributed by atoms with Gasteiger partial charge >= 0.3 is 5.97 Å². The van der Waals surface area contributed by atoms with Crippen molar-refractivity contribution < 1.29 is 9.90 Å². The van der Waals surface area contributed by atoms with E-state index in [1.54, 1.807) is 6.20 Å². The van der Waals surface area contributed by atoms with Gasteiger partial charge in [0.2, 0.25) is 5.82 Å². The molecule has 2 rings (SSSR count). The van der Waals surface area contributed by atoms with Crippen molar-refractivity contribution in [1.82, 2.24) is 14.9 Å². The maximum Gasteiger partial charge on any atom is 0.371 e. The fourth-order valence-electron chi connectivity index (χ4n) is 1.97. The van der Waals surface area contributed by atoms with Crippen molar-refractivity contribution in [3.8, 4) is 0 Å². The Kier molecular flexibility index (Phi) is 2.73. The minimum atomic E-state index is -0.992. The molecule has 0 unspecified atom stereocenters. The number of carbonyl (C=O) groups is 1. The molecule has 1 aromatic rings. The highest BCUT2D eigenvalue weighted by atomic mass is 16.4. The number of nitrogens with zero attached hydrogens (tertiary/aromatic N) is 2. The molecule has 1 aliphatic heterocycles. The average molecular weight is 209 g/mol. The number of nitrogens with one attached hydrogen (secondary N) is 1. The van der Waals surface area contributed by atoms with E-state index in [0.717, 1.165) is 31.6 Å². The summed E-state index contributed by atoms with van der Waals surface area (Å²) in [6.07, 6.45) is 3.79. The Labute approximate surface area is 88.1 Å². The highest BCUT2D eigenvalue weighted by molar-refractivity contribution is 5.83. The predicted molar refractivity (Wildman–Crippen MR) is 55.0 cm³/mol. The van der Waals surface area contributed by atoms with Gasteiger partial charge in [0.25, 0.3) is 0 Å². The van der Waals surface area contributed by atoms with Gasteiger partial charge in [-0.3, -0.25) is 0 Å². The third kappa shape index (κ3) is 2.18. The van der Waals surface area contributed by atoms with Gasteiger partial charge in [0.1, 0.15) is 0 Å². The molecule has 1 saturated heterocycles. The third-order valence-corrected chi connectivity index (χ3v) is 2.96.